The molecule has 0 unspecified atom stereocenters. The van der Waals surface area contributed by atoms with Crippen LogP contribution in [0.2, 0.25) is 0 Å². The summed E-state index contributed by atoms with van der Waals surface area (Å²) in [6.07, 6.45) is -0.222. The van der Waals surface area contributed by atoms with Crippen molar-refractivity contribution in [1.82, 2.24) is 0 Å². The van der Waals surface area contributed by atoms with Crippen molar-refractivity contribution in [1.29, 1.82) is 0 Å². The van der Waals surface area contributed by atoms with Gasteiger partial charge >= 0.3 is 0 Å². The summed E-state index contributed by atoms with van der Waals surface area (Å²) in [6, 6.07) is 1.64. The lowest BCUT2D eigenvalue weighted by atomic mass is 10.1. The molecule has 0 fully saturated rings. The fourth-order valence-corrected chi connectivity index (χ4v) is 2.11. The summed E-state index contributed by atoms with van der Waals surface area (Å²) in [5.74, 6) is 1.32. The van der Waals surface area contributed by atoms with Gasteiger partial charge in [0.05, 0.1) is 19.3 Å². The highest BCUT2D eigenvalue weighted by atomic mass is 16.7. The van der Waals surface area contributed by atoms with Crippen molar-refractivity contribution in [3.63, 3.8) is 0 Å². The molecular formula is C18H28O6. The third-order valence-corrected chi connectivity index (χ3v) is 2.94. The third-order valence-electron chi connectivity index (χ3n) is 2.94. The maximum Gasteiger partial charge on any atom is 0.204 e. The molecule has 1 aromatic carbocycles. The van der Waals surface area contributed by atoms with Gasteiger partial charge < -0.3 is 23.7 Å². The van der Waals surface area contributed by atoms with E-state index in [9.17, 15) is 4.79 Å². The van der Waals surface area contributed by atoms with Crippen LogP contribution in [0.1, 0.15) is 51.9 Å². The molecule has 0 bridgehead atoms. The van der Waals surface area contributed by atoms with Crippen LogP contribution in [0.15, 0.2) is 6.07 Å². The third kappa shape index (κ3) is 5.30. The minimum absolute atomic E-state index is 0.0331. The molecule has 136 valence electrons. The topological polar surface area (TPSA) is 63.2 Å². The maximum atomic E-state index is 12.2. The Kier molecular flexibility index (Phi) is 7.85. The molecule has 0 amide bonds. The molecule has 0 aromatic heterocycles. The summed E-state index contributed by atoms with van der Waals surface area (Å²) in [5, 5.41) is 0. The Morgan fingerprint density at radius 1 is 1.04 bits per heavy atom. The van der Waals surface area contributed by atoms with E-state index in [-0.39, 0.29) is 24.8 Å². The second-order valence-corrected chi connectivity index (χ2v) is 5.75. The minimum atomic E-state index is -0.188. The van der Waals surface area contributed by atoms with Gasteiger partial charge in [0.1, 0.15) is 11.3 Å². The van der Waals surface area contributed by atoms with Gasteiger partial charge in [0.2, 0.25) is 5.75 Å². The Balaban J connectivity index is 3.51. The van der Waals surface area contributed by atoms with E-state index in [0.717, 1.165) is 0 Å². The van der Waals surface area contributed by atoms with E-state index >= 15 is 0 Å². The van der Waals surface area contributed by atoms with Crippen molar-refractivity contribution >= 4 is 5.78 Å². The van der Waals surface area contributed by atoms with Gasteiger partial charge in [-0.25, -0.2) is 0 Å². The number of carbonyl (C=O) groups excluding carboxylic acids is 1. The lowest BCUT2D eigenvalue weighted by molar-refractivity contribution is 0.0214. The molecular weight excluding hydrogens is 312 g/mol. The molecule has 1 rings (SSSR count). The Bertz CT molecular complexity index is 551. The zero-order valence-corrected chi connectivity index (χ0v) is 15.6. The van der Waals surface area contributed by atoms with Gasteiger partial charge in [-0.15, -0.1) is 0 Å². The van der Waals surface area contributed by atoms with Crippen LogP contribution in [-0.2, 0) is 4.74 Å². The average Bonchev–Trinajstić information content (AvgIpc) is 2.46. The van der Waals surface area contributed by atoms with Gasteiger partial charge in [0.15, 0.2) is 24.1 Å². The van der Waals surface area contributed by atoms with E-state index in [1.165, 1.54) is 14.0 Å². The second-order valence-electron chi connectivity index (χ2n) is 5.75. The first-order valence-electron chi connectivity index (χ1n) is 8.11. The Morgan fingerprint density at radius 2 is 1.67 bits per heavy atom. The van der Waals surface area contributed by atoms with E-state index in [1.807, 2.05) is 34.6 Å². The monoisotopic (exact) mass is 340 g/mol. The van der Waals surface area contributed by atoms with Gasteiger partial charge in [-0.05, 0) is 41.5 Å². The summed E-state index contributed by atoms with van der Waals surface area (Å²) in [7, 11) is 1.51. The molecule has 0 spiro atoms. The smallest absolute Gasteiger partial charge is 0.204 e. The molecule has 6 nitrogen and oxygen atoms in total. The molecule has 0 saturated heterocycles. The summed E-state index contributed by atoms with van der Waals surface area (Å²) < 4.78 is 28.0. The molecule has 0 heterocycles. The quantitative estimate of drug-likeness (QED) is 0.366. The SMILES string of the molecule is CCOCOc1cc(OC(C)C)c(OC)c(OC(C)C)c1C(C)=O. The summed E-state index contributed by atoms with van der Waals surface area (Å²) in [5.41, 5.74) is 0.316. The number of rotatable bonds is 10. The number of benzene rings is 1. The van der Waals surface area contributed by atoms with Crippen molar-refractivity contribution < 1.29 is 28.5 Å². The molecule has 0 atom stereocenters. The van der Waals surface area contributed by atoms with E-state index in [2.05, 4.69) is 0 Å². The lowest BCUT2D eigenvalue weighted by Crippen LogP contribution is -2.15. The number of ketones is 1. The maximum absolute atomic E-state index is 12.2. The largest absolute Gasteiger partial charge is 0.490 e. The summed E-state index contributed by atoms with van der Waals surface area (Å²) in [6.45, 7) is 11.4. The Morgan fingerprint density at radius 3 is 2.12 bits per heavy atom. The van der Waals surface area contributed by atoms with Crippen LogP contribution in [0.25, 0.3) is 0 Å². The fraction of sp³-hybridized carbons (Fsp3) is 0.611. The van der Waals surface area contributed by atoms with Crippen LogP contribution in [0, 0.1) is 0 Å². The van der Waals surface area contributed by atoms with Crippen LogP contribution in [-0.4, -0.2) is 38.5 Å². The predicted octanol–water partition coefficient (Wildman–Crippen LogP) is 3.85. The van der Waals surface area contributed by atoms with Crippen LogP contribution >= 0.6 is 0 Å². The highest BCUT2D eigenvalue weighted by Gasteiger charge is 2.26. The van der Waals surface area contributed by atoms with E-state index in [0.29, 0.717) is 35.2 Å². The van der Waals surface area contributed by atoms with E-state index in [1.54, 1.807) is 6.07 Å². The standard InChI is InChI=1S/C18H28O6/c1-8-21-10-22-14-9-15(23-11(2)3)17(20-7)18(24-12(4)5)16(14)13(6)19/h9,11-12H,8,10H2,1-7H3. The van der Waals surface area contributed by atoms with E-state index in [4.69, 9.17) is 23.7 Å². The highest BCUT2D eigenvalue weighted by molar-refractivity contribution is 6.01. The Hall–Kier alpha value is -1.95. The number of carbonyl (C=O) groups is 1. The normalized spacial score (nSPS) is 10.9. The molecule has 0 aliphatic carbocycles. The van der Waals surface area contributed by atoms with Gasteiger partial charge in [0, 0.05) is 12.7 Å². The van der Waals surface area contributed by atoms with Crippen LogP contribution in [0.4, 0.5) is 0 Å². The van der Waals surface area contributed by atoms with Crippen LogP contribution in [0.3, 0.4) is 0 Å². The summed E-state index contributed by atoms with van der Waals surface area (Å²) >= 11 is 0. The second kappa shape index (κ2) is 9.37. The lowest BCUT2D eigenvalue weighted by Gasteiger charge is -2.22. The summed E-state index contributed by atoms with van der Waals surface area (Å²) in [4.78, 5) is 12.2. The first-order chi connectivity index (χ1) is 11.3. The zero-order valence-electron chi connectivity index (χ0n) is 15.6. The van der Waals surface area contributed by atoms with Gasteiger partial charge in [-0.1, -0.05) is 0 Å². The first kappa shape index (κ1) is 20.1. The van der Waals surface area contributed by atoms with Crippen molar-refractivity contribution in [3.8, 4) is 23.0 Å². The molecule has 6 heteroatoms. The van der Waals surface area contributed by atoms with Gasteiger partial charge in [0.25, 0.3) is 0 Å². The van der Waals surface area contributed by atoms with Crippen LogP contribution < -0.4 is 18.9 Å². The van der Waals surface area contributed by atoms with Gasteiger partial charge in [-0.3, -0.25) is 4.79 Å². The van der Waals surface area contributed by atoms with Crippen molar-refractivity contribution in [2.75, 3.05) is 20.5 Å². The molecule has 24 heavy (non-hydrogen) atoms. The molecule has 0 aliphatic rings. The number of ether oxygens (including phenoxy) is 5. The van der Waals surface area contributed by atoms with Crippen molar-refractivity contribution in [2.24, 2.45) is 0 Å². The molecule has 0 N–H and O–H groups in total. The molecule has 0 saturated carbocycles. The zero-order chi connectivity index (χ0) is 18.3. The minimum Gasteiger partial charge on any atom is -0.490 e. The molecule has 1 aromatic rings. The fourth-order valence-electron chi connectivity index (χ4n) is 2.11. The average molecular weight is 340 g/mol. The molecule has 0 aliphatic heterocycles. The Labute approximate surface area is 144 Å². The number of hydrogen-bond acceptors (Lipinski definition) is 6. The number of methoxy groups -OCH3 is 1. The first-order valence-corrected chi connectivity index (χ1v) is 8.11. The number of hydrogen-bond donors (Lipinski definition) is 0. The van der Waals surface area contributed by atoms with Gasteiger partial charge in [-0.2, -0.15) is 0 Å². The molecule has 0 radical (unpaired) electrons. The number of Topliss-reactive ketones (excluding diaryl/α,β-unsaturated/α-hetero) is 1. The van der Waals surface area contributed by atoms with Crippen molar-refractivity contribution in [3.05, 3.63) is 11.6 Å². The highest BCUT2D eigenvalue weighted by Crippen LogP contribution is 2.46. The van der Waals surface area contributed by atoms with Crippen LogP contribution in [0.5, 0.6) is 23.0 Å². The van der Waals surface area contributed by atoms with Crippen molar-refractivity contribution in [2.45, 2.75) is 53.8 Å². The predicted molar refractivity (Wildman–Crippen MR) is 91.6 cm³/mol. The van der Waals surface area contributed by atoms with E-state index < -0.39 is 0 Å².